The number of hydrogen-bond acceptors (Lipinski definition) is 1. The molecule has 0 radical (unpaired) electrons. The fraction of sp³-hybridized carbons (Fsp3) is 0.600. The topological polar surface area (TPSA) is 12.0 Å². The minimum Gasteiger partial charge on any atom is -0.309 e. The molecule has 2 aliphatic carbocycles. The molecule has 1 heteroatoms. The predicted octanol–water partition coefficient (Wildman–Crippen LogP) is 3.50. The Morgan fingerprint density at radius 1 is 1.06 bits per heavy atom. The van der Waals surface area contributed by atoms with Gasteiger partial charge in [0.15, 0.2) is 0 Å². The van der Waals surface area contributed by atoms with Gasteiger partial charge in [-0.1, -0.05) is 43.2 Å². The van der Waals surface area contributed by atoms with Crippen molar-refractivity contribution >= 4 is 0 Å². The van der Waals surface area contributed by atoms with Gasteiger partial charge in [0, 0.05) is 12.6 Å². The fourth-order valence-corrected chi connectivity index (χ4v) is 3.52. The molecule has 0 amide bonds. The summed E-state index contributed by atoms with van der Waals surface area (Å²) in [5, 5.41) is 3.79. The van der Waals surface area contributed by atoms with Gasteiger partial charge in [-0.15, -0.1) is 0 Å². The zero-order valence-electron chi connectivity index (χ0n) is 9.91. The summed E-state index contributed by atoms with van der Waals surface area (Å²) < 4.78 is 0. The normalized spacial score (nSPS) is 26.9. The zero-order chi connectivity index (χ0) is 10.8. The molecule has 2 aliphatic rings. The Balaban J connectivity index is 1.59. The second-order valence-electron chi connectivity index (χ2n) is 5.53. The third-order valence-electron chi connectivity index (χ3n) is 4.65. The molecule has 1 aromatic carbocycles. The molecular weight excluding hydrogens is 194 g/mol. The lowest BCUT2D eigenvalue weighted by atomic mass is 9.65. The van der Waals surface area contributed by atoms with Crippen LogP contribution in [0.3, 0.4) is 0 Å². The van der Waals surface area contributed by atoms with E-state index in [1.807, 2.05) is 0 Å². The number of nitrogens with one attached hydrogen (secondary N) is 1. The minimum atomic E-state index is 0.703. The highest BCUT2D eigenvalue weighted by atomic mass is 14.9. The summed E-state index contributed by atoms with van der Waals surface area (Å²) in [5.41, 5.74) is 2.12. The van der Waals surface area contributed by atoms with Crippen LogP contribution >= 0.6 is 0 Å². The van der Waals surface area contributed by atoms with Crippen molar-refractivity contribution in [3.05, 3.63) is 35.9 Å². The van der Waals surface area contributed by atoms with Crippen LogP contribution < -0.4 is 5.32 Å². The highest BCUT2D eigenvalue weighted by Gasteiger charge is 2.46. The Hall–Kier alpha value is -0.820. The number of hydrogen-bond donors (Lipinski definition) is 1. The second kappa shape index (κ2) is 4.21. The van der Waals surface area contributed by atoms with E-state index >= 15 is 0 Å². The zero-order valence-corrected chi connectivity index (χ0v) is 9.91. The molecule has 1 unspecified atom stereocenters. The van der Waals surface area contributed by atoms with Gasteiger partial charge >= 0.3 is 0 Å². The smallest absolute Gasteiger partial charge is 0.0208 e. The average molecular weight is 215 g/mol. The first kappa shape index (κ1) is 10.3. The van der Waals surface area contributed by atoms with E-state index in [-0.39, 0.29) is 0 Å². The van der Waals surface area contributed by atoms with Crippen molar-refractivity contribution in [3.63, 3.8) is 0 Å². The summed E-state index contributed by atoms with van der Waals surface area (Å²) >= 11 is 0. The van der Waals surface area contributed by atoms with Crippen LogP contribution in [0.1, 0.15) is 44.1 Å². The molecule has 0 aliphatic heterocycles. The summed E-state index contributed by atoms with van der Waals surface area (Å²) in [4.78, 5) is 0. The molecular formula is C15H21N. The van der Waals surface area contributed by atoms with Crippen molar-refractivity contribution in [1.82, 2.24) is 5.32 Å². The van der Waals surface area contributed by atoms with Gasteiger partial charge in [-0.25, -0.2) is 0 Å². The maximum absolute atomic E-state index is 3.79. The van der Waals surface area contributed by atoms with E-state index in [0.717, 1.165) is 12.6 Å². The van der Waals surface area contributed by atoms with Crippen LogP contribution in [-0.4, -0.2) is 6.04 Å². The molecule has 1 aromatic rings. The van der Waals surface area contributed by atoms with Crippen LogP contribution in [0.2, 0.25) is 0 Å². The van der Waals surface area contributed by atoms with Crippen LogP contribution in [0.15, 0.2) is 30.3 Å². The lowest BCUT2D eigenvalue weighted by molar-refractivity contribution is 0.100. The van der Waals surface area contributed by atoms with Crippen LogP contribution in [0.25, 0.3) is 0 Å². The molecule has 1 nitrogen and oxygen atoms in total. The van der Waals surface area contributed by atoms with Crippen molar-refractivity contribution in [2.75, 3.05) is 0 Å². The molecule has 0 heterocycles. The van der Waals surface area contributed by atoms with Gasteiger partial charge in [0.2, 0.25) is 0 Å². The van der Waals surface area contributed by atoms with Gasteiger partial charge in [-0.3, -0.25) is 0 Å². The van der Waals surface area contributed by atoms with E-state index in [0.29, 0.717) is 5.41 Å². The third-order valence-corrected chi connectivity index (χ3v) is 4.65. The second-order valence-corrected chi connectivity index (χ2v) is 5.53. The Bertz CT molecular complexity index is 340. The summed E-state index contributed by atoms with van der Waals surface area (Å²) in [6.07, 6.45) is 8.71. The minimum absolute atomic E-state index is 0.703. The quantitative estimate of drug-likeness (QED) is 0.813. The van der Waals surface area contributed by atoms with E-state index in [1.54, 1.807) is 0 Å². The summed E-state index contributed by atoms with van der Waals surface area (Å²) in [7, 11) is 0. The molecule has 0 saturated heterocycles. The van der Waals surface area contributed by atoms with Gasteiger partial charge in [-0.05, 0) is 36.7 Å². The van der Waals surface area contributed by atoms with Crippen LogP contribution in [-0.2, 0) is 6.54 Å². The van der Waals surface area contributed by atoms with E-state index in [4.69, 9.17) is 0 Å². The monoisotopic (exact) mass is 215 g/mol. The highest BCUT2D eigenvalue weighted by Crippen LogP contribution is 2.53. The molecule has 1 atom stereocenters. The fourth-order valence-electron chi connectivity index (χ4n) is 3.52. The molecule has 1 N–H and O–H groups in total. The molecule has 16 heavy (non-hydrogen) atoms. The standard InChI is InChI=1S/C15H21N/c1-2-6-13(7-3-1)12-16-14-8-4-9-15(14)10-5-11-15/h1-3,6-7,14,16H,4-5,8-12H2. The van der Waals surface area contributed by atoms with E-state index in [9.17, 15) is 0 Å². The van der Waals surface area contributed by atoms with Crippen molar-refractivity contribution in [3.8, 4) is 0 Å². The maximum Gasteiger partial charge on any atom is 0.0208 e. The van der Waals surface area contributed by atoms with Gasteiger partial charge in [0.05, 0.1) is 0 Å². The maximum atomic E-state index is 3.79. The lowest BCUT2D eigenvalue weighted by Crippen LogP contribution is -2.45. The summed E-state index contributed by atoms with van der Waals surface area (Å²) in [6, 6.07) is 11.6. The lowest BCUT2D eigenvalue weighted by Gasteiger charge is -2.44. The predicted molar refractivity (Wildman–Crippen MR) is 67.2 cm³/mol. The summed E-state index contributed by atoms with van der Waals surface area (Å²) in [5.74, 6) is 0. The van der Waals surface area contributed by atoms with E-state index < -0.39 is 0 Å². The van der Waals surface area contributed by atoms with Crippen molar-refractivity contribution in [1.29, 1.82) is 0 Å². The van der Waals surface area contributed by atoms with E-state index in [1.165, 1.54) is 44.1 Å². The molecule has 0 aromatic heterocycles. The van der Waals surface area contributed by atoms with Gasteiger partial charge < -0.3 is 5.32 Å². The number of benzene rings is 1. The molecule has 2 fully saturated rings. The molecule has 1 spiro atoms. The van der Waals surface area contributed by atoms with Crippen molar-refractivity contribution < 1.29 is 0 Å². The Labute approximate surface area is 98.3 Å². The number of rotatable bonds is 3. The Kier molecular flexibility index (Phi) is 2.72. The van der Waals surface area contributed by atoms with Gasteiger partial charge in [0.25, 0.3) is 0 Å². The largest absolute Gasteiger partial charge is 0.309 e. The van der Waals surface area contributed by atoms with Gasteiger partial charge in [0.1, 0.15) is 0 Å². The average Bonchev–Trinajstić information content (AvgIpc) is 2.71. The first-order chi connectivity index (χ1) is 7.89. The molecule has 3 rings (SSSR count). The van der Waals surface area contributed by atoms with Gasteiger partial charge in [-0.2, -0.15) is 0 Å². The molecule has 2 saturated carbocycles. The summed E-state index contributed by atoms with van der Waals surface area (Å²) in [6.45, 7) is 1.05. The highest BCUT2D eigenvalue weighted by molar-refractivity contribution is 5.15. The van der Waals surface area contributed by atoms with E-state index in [2.05, 4.69) is 35.6 Å². The Morgan fingerprint density at radius 2 is 1.81 bits per heavy atom. The van der Waals surface area contributed by atoms with Crippen LogP contribution in [0, 0.1) is 5.41 Å². The van der Waals surface area contributed by atoms with Crippen molar-refractivity contribution in [2.24, 2.45) is 5.41 Å². The Morgan fingerprint density at radius 3 is 2.50 bits per heavy atom. The van der Waals surface area contributed by atoms with Crippen molar-refractivity contribution in [2.45, 2.75) is 51.1 Å². The van der Waals surface area contributed by atoms with Crippen LogP contribution in [0.4, 0.5) is 0 Å². The SMILES string of the molecule is c1ccc(CNC2CCCC23CCC3)cc1. The first-order valence-electron chi connectivity index (χ1n) is 6.66. The van der Waals surface area contributed by atoms with Crippen LogP contribution in [0.5, 0.6) is 0 Å². The third kappa shape index (κ3) is 1.78. The first-order valence-corrected chi connectivity index (χ1v) is 6.66. The molecule has 0 bridgehead atoms. The molecule has 86 valence electrons.